The topological polar surface area (TPSA) is 95.0 Å². The van der Waals surface area contributed by atoms with Crippen LogP contribution < -0.4 is 11.3 Å². The van der Waals surface area contributed by atoms with Gasteiger partial charge in [0.25, 0.3) is 5.56 Å². The maximum Gasteiger partial charge on any atom is 0.280 e. The second kappa shape index (κ2) is 8.49. The first-order chi connectivity index (χ1) is 15.3. The minimum atomic E-state index is -3.36. The Morgan fingerprint density at radius 1 is 0.938 bits per heavy atom. The van der Waals surface area contributed by atoms with Gasteiger partial charge in [0.1, 0.15) is 5.82 Å². The summed E-state index contributed by atoms with van der Waals surface area (Å²) in [5.41, 5.74) is 8.92. The predicted octanol–water partition coefficient (Wildman–Crippen LogP) is 3.57. The summed E-state index contributed by atoms with van der Waals surface area (Å²) in [6, 6.07) is 19.0. The van der Waals surface area contributed by atoms with Crippen molar-refractivity contribution in [3.8, 4) is 27.9 Å². The summed E-state index contributed by atoms with van der Waals surface area (Å²) in [5, 5.41) is 4.30. The molecular weight excluding hydrogens is 429 g/mol. The van der Waals surface area contributed by atoms with Crippen LogP contribution in [0.4, 0.5) is 4.39 Å². The van der Waals surface area contributed by atoms with Crippen LogP contribution in [0.2, 0.25) is 0 Å². The normalized spacial score (nSPS) is 11.5. The van der Waals surface area contributed by atoms with Crippen LogP contribution in [0.15, 0.2) is 88.7 Å². The Hall–Kier alpha value is -3.62. The fourth-order valence-corrected chi connectivity index (χ4v) is 4.15. The number of hydrogen-bond acceptors (Lipinski definition) is 5. The monoisotopic (exact) mass is 449 g/mol. The van der Waals surface area contributed by atoms with Gasteiger partial charge in [-0.3, -0.25) is 4.79 Å². The van der Waals surface area contributed by atoms with Crippen LogP contribution in [0.5, 0.6) is 0 Å². The van der Waals surface area contributed by atoms with Gasteiger partial charge in [0.2, 0.25) is 0 Å². The van der Waals surface area contributed by atoms with Crippen LogP contribution in [0.1, 0.15) is 5.56 Å². The molecule has 32 heavy (non-hydrogen) atoms. The minimum absolute atomic E-state index is 0.178. The number of nitrogens with two attached hydrogens (primary N) is 1. The molecule has 0 saturated carbocycles. The van der Waals surface area contributed by atoms with Gasteiger partial charge in [-0.25, -0.2) is 12.8 Å². The first-order valence-corrected chi connectivity index (χ1v) is 11.7. The lowest BCUT2D eigenvalue weighted by Crippen LogP contribution is -2.24. The molecule has 0 aliphatic heterocycles. The van der Waals surface area contributed by atoms with Gasteiger partial charge in [0.15, 0.2) is 9.84 Å². The van der Waals surface area contributed by atoms with Crippen molar-refractivity contribution < 1.29 is 12.8 Å². The fraction of sp³-hybridized carbons (Fsp3) is 0.0833. The zero-order chi connectivity index (χ0) is 22.9. The van der Waals surface area contributed by atoms with Crippen molar-refractivity contribution in [1.29, 1.82) is 0 Å². The zero-order valence-electron chi connectivity index (χ0n) is 17.2. The maximum absolute atomic E-state index is 13.6. The summed E-state index contributed by atoms with van der Waals surface area (Å²) in [7, 11) is -3.36. The van der Waals surface area contributed by atoms with E-state index in [9.17, 15) is 17.6 Å². The van der Waals surface area contributed by atoms with Crippen molar-refractivity contribution in [2.75, 3.05) is 6.26 Å². The van der Waals surface area contributed by atoms with Gasteiger partial charge in [0, 0.05) is 18.4 Å². The average Bonchev–Trinajstić information content (AvgIpc) is 2.79. The number of benzene rings is 3. The van der Waals surface area contributed by atoms with Crippen LogP contribution in [0, 0.1) is 5.82 Å². The summed E-state index contributed by atoms with van der Waals surface area (Å²) < 4.78 is 38.2. The number of rotatable bonds is 5. The molecule has 6 nitrogen and oxygen atoms in total. The summed E-state index contributed by atoms with van der Waals surface area (Å²) in [4.78, 5) is 13.8. The van der Waals surface area contributed by atoms with Crippen LogP contribution in [-0.2, 0) is 16.4 Å². The van der Waals surface area contributed by atoms with Gasteiger partial charge in [-0.2, -0.15) is 9.78 Å². The number of hydrogen-bond donors (Lipinski definition) is 1. The van der Waals surface area contributed by atoms with E-state index in [0.29, 0.717) is 27.9 Å². The molecule has 0 unspecified atom stereocenters. The molecule has 162 valence electrons. The standard InChI is InChI=1S/C24H20FN3O3S/c1-32(30,31)20-12-6-16(7-13-20)22-15-27-28(19-10-8-18(25)9-11-19)24(29)23(22)21-5-3-2-4-17(21)14-26/h2-13,15H,14,26H2,1H3. The molecule has 1 aromatic heterocycles. The smallest absolute Gasteiger partial charge is 0.280 e. The Kier molecular flexibility index (Phi) is 5.73. The van der Waals surface area contributed by atoms with Crippen molar-refractivity contribution in [1.82, 2.24) is 9.78 Å². The molecule has 1 heterocycles. The van der Waals surface area contributed by atoms with Crippen LogP contribution in [-0.4, -0.2) is 24.5 Å². The molecule has 4 rings (SSSR count). The van der Waals surface area contributed by atoms with Crippen molar-refractivity contribution in [2.45, 2.75) is 11.4 Å². The van der Waals surface area contributed by atoms with Crippen molar-refractivity contribution in [2.24, 2.45) is 5.73 Å². The third kappa shape index (κ3) is 4.10. The Bertz CT molecular complexity index is 1450. The lowest BCUT2D eigenvalue weighted by Gasteiger charge is -2.15. The molecule has 0 bridgehead atoms. The number of halogens is 1. The average molecular weight is 450 g/mol. The molecule has 8 heteroatoms. The molecule has 0 aliphatic carbocycles. The fourth-order valence-electron chi connectivity index (χ4n) is 3.52. The number of aromatic nitrogens is 2. The third-order valence-electron chi connectivity index (χ3n) is 5.15. The third-order valence-corrected chi connectivity index (χ3v) is 6.28. The SMILES string of the molecule is CS(=O)(=O)c1ccc(-c2cnn(-c3ccc(F)cc3)c(=O)c2-c2ccccc2CN)cc1. The Balaban J connectivity index is 1.99. The van der Waals surface area contributed by atoms with E-state index in [1.54, 1.807) is 18.3 Å². The number of nitrogens with zero attached hydrogens (tertiary/aromatic N) is 2. The van der Waals surface area contributed by atoms with Crippen LogP contribution in [0.3, 0.4) is 0 Å². The van der Waals surface area contributed by atoms with Gasteiger partial charge in [-0.15, -0.1) is 0 Å². The molecule has 2 N–H and O–H groups in total. The largest absolute Gasteiger partial charge is 0.326 e. The second-order valence-electron chi connectivity index (χ2n) is 7.28. The van der Waals surface area contributed by atoms with Crippen molar-refractivity contribution >= 4 is 9.84 Å². The Labute approximate surface area is 184 Å². The number of sulfone groups is 1. The highest BCUT2D eigenvalue weighted by atomic mass is 32.2. The highest BCUT2D eigenvalue weighted by molar-refractivity contribution is 7.90. The first-order valence-electron chi connectivity index (χ1n) is 9.76. The quantitative estimate of drug-likeness (QED) is 0.503. The second-order valence-corrected chi connectivity index (χ2v) is 9.30. The van der Waals surface area contributed by atoms with Crippen molar-refractivity contribution in [3.63, 3.8) is 0 Å². The molecule has 3 aromatic carbocycles. The molecule has 0 saturated heterocycles. The molecular formula is C24H20FN3O3S. The van der Waals surface area contributed by atoms with E-state index in [2.05, 4.69) is 5.10 Å². The van der Waals surface area contributed by atoms with Crippen LogP contribution >= 0.6 is 0 Å². The lowest BCUT2D eigenvalue weighted by atomic mass is 9.94. The van der Waals surface area contributed by atoms with Gasteiger partial charge >= 0.3 is 0 Å². The Morgan fingerprint density at radius 2 is 1.59 bits per heavy atom. The minimum Gasteiger partial charge on any atom is -0.326 e. The summed E-state index contributed by atoms with van der Waals surface area (Å²) in [6.45, 7) is 0.223. The van der Waals surface area contributed by atoms with E-state index in [4.69, 9.17) is 5.73 Å². The molecule has 4 aromatic rings. The first kappa shape index (κ1) is 21.6. The van der Waals surface area contributed by atoms with E-state index in [1.165, 1.54) is 41.1 Å². The highest BCUT2D eigenvalue weighted by Gasteiger charge is 2.19. The summed E-state index contributed by atoms with van der Waals surface area (Å²) in [5.74, 6) is -0.418. The van der Waals surface area contributed by atoms with Crippen molar-refractivity contribution in [3.05, 3.63) is 101 Å². The molecule has 0 radical (unpaired) electrons. The van der Waals surface area contributed by atoms with E-state index in [-0.39, 0.29) is 11.4 Å². The molecule has 0 fully saturated rings. The zero-order valence-corrected chi connectivity index (χ0v) is 18.0. The molecule has 0 spiro atoms. The van der Waals surface area contributed by atoms with Crippen LogP contribution in [0.25, 0.3) is 27.9 Å². The molecule has 0 aliphatic rings. The van der Waals surface area contributed by atoms with Gasteiger partial charge < -0.3 is 5.73 Å². The lowest BCUT2D eigenvalue weighted by molar-refractivity contribution is 0.602. The summed E-state index contributed by atoms with van der Waals surface area (Å²) in [6.07, 6.45) is 2.68. The van der Waals surface area contributed by atoms with E-state index in [1.807, 2.05) is 24.3 Å². The highest BCUT2D eigenvalue weighted by Crippen LogP contribution is 2.31. The molecule has 0 amide bonds. The van der Waals surface area contributed by atoms with Gasteiger partial charge in [0.05, 0.1) is 22.3 Å². The van der Waals surface area contributed by atoms with Gasteiger partial charge in [-0.1, -0.05) is 36.4 Å². The molecule has 0 atom stereocenters. The summed E-state index contributed by atoms with van der Waals surface area (Å²) >= 11 is 0. The maximum atomic E-state index is 13.6. The van der Waals surface area contributed by atoms with E-state index < -0.39 is 21.2 Å². The Morgan fingerprint density at radius 3 is 2.22 bits per heavy atom. The van der Waals surface area contributed by atoms with Gasteiger partial charge in [-0.05, 0) is 53.1 Å². The van der Waals surface area contributed by atoms with E-state index in [0.717, 1.165) is 11.8 Å². The van der Waals surface area contributed by atoms with E-state index >= 15 is 0 Å². The predicted molar refractivity (Wildman–Crippen MR) is 122 cm³/mol.